The Labute approximate surface area is 138 Å². The Morgan fingerprint density at radius 2 is 1.71 bits per heavy atom. The fraction of sp³-hybridized carbons (Fsp3) is 0.0556. The molecule has 0 aliphatic carbocycles. The number of para-hydroxylation sites is 1. The molecule has 3 N–H and O–H groups in total. The summed E-state index contributed by atoms with van der Waals surface area (Å²) in [6, 6.07) is 16.0. The van der Waals surface area contributed by atoms with Crippen molar-refractivity contribution >= 4 is 17.5 Å². The van der Waals surface area contributed by atoms with Crippen LogP contribution >= 0.6 is 0 Å². The molecule has 0 bridgehead atoms. The van der Waals surface area contributed by atoms with E-state index >= 15 is 0 Å². The van der Waals surface area contributed by atoms with Gasteiger partial charge in [0.25, 0.3) is 5.91 Å². The average molecular weight is 320 g/mol. The largest absolute Gasteiger partial charge is 0.366 e. The highest BCUT2D eigenvalue weighted by Gasteiger charge is 2.15. The molecule has 120 valence electrons. The van der Waals surface area contributed by atoms with Gasteiger partial charge in [0, 0.05) is 11.3 Å². The fourth-order valence-electron chi connectivity index (χ4n) is 2.38. The number of hydrogen-bond donors (Lipinski definition) is 2. The van der Waals surface area contributed by atoms with Crippen LogP contribution in [0.5, 0.6) is 0 Å². The topological polar surface area (TPSA) is 90.0 Å². The van der Waals surface area contributed by atoms with Crippen LogP contribution in [0.3, 0.4) is 0 Å². The fourth-order valence-corrected chi connectivity index (χ4v) is 2.38. The molecule has 3 aromatic rings. The minimum absolute atomic E-state index is 0.262. The van der Waals surface area contributed by atoms with Gasteiger partial charge in [-0.3, -0.25) is 9.59 Å². The molecule has 6 nitrogen and oxygen atoms in total. The van der Waals surface area contributed by atoms with E-state index in [0.717, 1.165) is 11.4 Å². The zero-order valence-electron chi connectivity index (χ0n) is 13.1. The molecule has 6 heteroatoms. The van der Waals surface area contributed by atoms with Gasteiger partial charge in [0.1, 0.15) is 0 Å². The number of amides is 2. The molecule has 0 atom stereocenters. The van der Waals surface area contributed by atoms with E-state index in [1.165, 1.54) is 6.20 Å². The van der Waals surface area contributed by atoms with Crippen LogP contribution in [-0.4, -0.2) is 21.6 Å². The summed E-state index contributed by atoms with van der Waals surface area (Å²) in [5.41, 5.74) is 8.28. The third-order valence-corrected chi connectivity index (χ3v) is 3.68. The van der Waals surface area contributed by atoms with Crippen molar-refractivity contribution in [1.82, 2.24) is 9.78 Å². The van der Waals surface area contributed by atoms with Crippen molar-refractivity contribution in [3.63, 3.8) is 0 Å². The smallest absolute Gasteiger partial charge is 0.259 e. The first-order chi connectivity index (χ1) is 11.6. The van der Waals surface area contributed by atoms with Crippen LogP contribution in [0, 0.1) is 6.92 Å². The number of aromatic nitrogens is 2. The Morgan fingerprint density at radius 3 is 2.33 bits per heavy atom. The summed E-state index contributed by atoms with van der Waals surface area (Å²) in [4.78, 5) is 23.5. The Hall–Kier alpha value is -3.41. The maximum Gasteiger partial charge on any atom is 0.259 e. The van der Waals surface area contributed by atoms with Crippen molar-refractivity contribution in [1.29, 1.82) is 0 Å². The summed E-state index contributed by atoms with van der Waals surface area (Å²) in [6.07, 6.45) is 1.54. The highest BCUT2D eigenvalue weighted by Crippen LogP contribution is 2.16. The standard InChI is InChI=1S/C18H16N4O2/c1-12-16(11-20-22(12)15-5-3-2-4-6-15)18(24)21-14-9-7-13(8-10-14)17(19)23/h2-11H,1H3,(H2,19,23)(H,21,24). The summed E-state index contributed by atoms with van der Waals surface area (Å²) in [7, 11) is 0. The highest BCUT2D eigenvalue weighted by molar-refractivity contribution is 6.05. The van der Waals surface area contributed by atoms with E-state index in [4.69, 9.17) is 5.73 Å². The number of hydrogen-bond acceptors (Lipinski definition) is 3. The summed E-state index contributed by atoms with van der Waals surface area (Å²) in [5.74, 6) is -0.769. The predicted octanol–water partition coefficient (Wildman–Crippen LogP) is 2.53. The number of nitrogens with zero attached hydrogens (tertiary/aromatic N) is 2. The Kier molecular flexibility index (Phi) is 4.11. The summed E-state index contributed by atoms with van der Waals surface area (Å²) >= 11 is 0. The van der Waals surface area contributed by atoms with Crippen LogP contribution < -0.4 is 11.1 Å². The molecule has 0 aliphatic rings. The lowest BCUT2D eigenvalue weighted by atomic mass is 10.2. The molecule has 0 saturated heterocycles. The molecule has 3 rings (SSSR count). The Morgan fingerprint density at radius 1 is 1.04 bits per heavy atom. The lowest BCUT2D eigenvalue weighted by Crippen LogP contribution is -2.14. The molecule has 0 saturated carbocycles. The number of primary amides is 1. The molecular formula is C18H16N4O2. The molecule has 0 fully saturated rings. The molecule has 0 spiro atoms. The molecule has 1 heterocycles. The third-order valence-electron chi connectivity index (χ3n) is 3.68. The second kappa shape index (κ2) is 6.37. The number of nitrogens with two attached hydrogens (primary N) is 1. The number of benzene rings is 2. The van der Waals surface area contributed by atoms with Gasteiger partial charge >= 0.3 is 0 Å². The van der Waals surface area contributed by atoms with Gasteiger partial charge in [-0.2, -0.15) is 5.10 Å². The zero-order valence-corrected chi connectivity index (χ0v) is 13.1. The first-order valence-corrected chi connectivity index (χ1v) is 7.37. The van der Waals surface area contributed by atoms with E-state index in [-0.39, 0.29) is 5.91 Å². The molecule has 0 aliphatic heterocycles. The van der Waals surface area contributed by atoms with Gasteiger partial charge in [-0.05, 0) is 43.3 Å². The van der Waals surface area contributed by atoms with Gasteiger partial charge in [-0.25, -0.2) is 4.68 Å². The van der Waals surface area contributed by atoms with E-state index in [2.05, 4.69) is 10.4 Å². The van der Waals surface area contributed by atoms with Crippen LogP contribution in [0.25, 0.3) is 5.69 Å². The molecular weight excluding hydrogens is 304 g/mol. The minimum atomic E-state index is -0.507. The average Bonchev–Trinajstić information content (AvgIpc) is 2.98. The molecule has 1 aromatic heterocycles. The summed E-state index contributed by atoms with van der Waals surface area (Å²) < 4.78 is 1.71. The second-order valence-corrected chi connectivity index (χ2v) is 5.29. The monoisotopic (exact) mass is 320 g/mol. The highest BCUT2D eigenvalue weighted by atomic mass is 16.2. The van der Waals surface area contributed by atoms with Crippen molar-refractivity contribution in [3.05, 3.63) is 77.6 Å². The molecule has 0 unspecified atom stereocenters. The third kappa shape index (κ3) is 3.03. The SMILES string of the molecule is Cc1c(C(=O)Nc2ccc(C(N)=O)cc2)cnn1-c1ccccc1. The van der Waals surface area contributed by atoms with Crippen molar-refractivity contribution in [2.45, 2.75) is 6.92 Å². The Balaban J connectivity index is 1.81. The molecule has 2 aromatic carbocycles. The van der Waals surface area contributed by atoms with Crippen LogP contribution in [0.2, 0.25) is 0 Å². The van der Waals surface area contributed by atoms with Gasteiger partial charge < -0.3 is 11.1 Å². The molecule has 2 amide bonds. The second-order valence-electron chi connectivity index (χ2n) is 5.29. The Bertz CT molecular complexity index is 883. The first kappa shape index (κ1) is 15.5. The van der Waals surface area contributed by atoms with E-state index < -0.39 is 5.91 Å². The number of rotatable bonds is 4. The maximum atomic E-state index is 12.4. The quantitative estimate of drug-likeness (QED) is 0.774. The molecule has 24 heavy (non-hydrogen) atoms. The number of carbonyl (C=O) groups excluding carboxylic acids is 2. The van der Waals surface area contributed by atoms with E-state index in [9.17, 15) is 9.59 Å². The van der Waals surface area contributed by atoms with Crippen LogP contribution in [0.4, 0.5) is 5.69 Å². The summed E-state index contributed by atoms with van der Waals surface area (Å²) in [6.45, 7) is 1.84. The van der Waals surface area contributed by atoms with Gasteiger partial charge in [0.05, 0.1) is 23.1 Å². The van der Waals surface area contributed by atoms with Gasteiger partial charge in [0.2, 0.25) is 5.91 Å². The van der Waals surface area contributed by atoms with Crippen molar-refractivity contribution in [3.8, 4) is 5.69 Å². The lowest BCUT2D eigenvalue weighted by molar-refractivity contribution is 0.0998. The maximum absolute atomic E-state index is 12.4. The normalized spacial score (nSPS) is 10.4. The lowest BCUT2D eigenvalue weighted by Gasteiger charge is -2.07. The van der Waals surface area contributed by atoms with Gasteiger partial charge in [0.15, 0.2) is 0 Å². The van der Waals surface area contributed by atoms with Crippen LogP contribution in [0.1, 0.15) is 26.4 Å². The summed E-state index contributed by atoms with van der Waals surface area (Å²) in [5, 5.41) is 7.07. The van der Waals surface area contributed by atoms with E-state index in [1.807, 2.05) is 37.3 Å². The van der Waals surface area contributed by atoms with Crippen molar-refractivity contribution < 1.29 is 9.59 Å². The number of anilines is 1. The van der Waals surface area contributed by atoms with Crippen molar-refractivity contribution in [2.75, 3.05) is 5.32 Å². The first-order valence-electron chi connectivity index (χ1n) is 7.37. The van der Waals surface area contributed by atoms with Gasteiger partial charge in [-0.15, -0.1) is 0 Å². The number of carbonyl (C=O) groups is 2. The zero-order chi connectivity index (χ0) is 17.1. The van der Waals surface area contributed by atoms with Crippen LogP contribution in [0.15, 0.2) is 60.8 Å². The van der Waals surface area contributed by atoms with Gasteiger partial charge in [-0.1, -0.05) is 18.2 Å². The minimum Gasteiger partial charge on any atom is -0.366 e. The molecule has 0 radical (unpaired) electrons. The van der Waals surface area contributed by atoms with E-state index in [1.54, 1.807) is 28.9 Å². The number of nitrogens with one attached hydrogen (secondary N) is 1. The van der Waals surface area contributed by atoms with Crippen LogP contribution in [-0.2, 0) is 0 Å². The van der Waals surface area contributed by atoms with E-state index in [0.29, 0.717) is 16.8 Å². The predicted molar refractivity (Wildman–Crippen MR) is 91.2 cm³/mol. The van der Waals surface area contributed by atoms with Crippen molar-refractivity contribution in [2.24, 2.45) is 5.73 Å².